The van der Waals surface area contributed by atoms with Gasteiger partial charge in [0.15, 0.2) is 5.78 Å². The van der Waals surface area contributed by atoms with Crippen molar-refractivity contribution in [3.05, 3.63) is 106 Å². The summed E-state index contributed by atoms with van der Waals surface area (Å²) in [5, 5.41) is 0. The SMILES string of the molecule is O=C(c1ccccc1)c1ccc2nc3c(nc2c1)Cc1ccccc1C3=O. The summed E-state index contributed by atoms with van der Waals surface area (Å²) in [6.07, 6.45) is 0.567. The van der Waals surface area contributed by atoms with Crippen LogP contribution in [0, 0.1) is 0 Å². The molecular weight excluding hydrogens is 336 g/mol. The van der Waals surface area contributed by atoms with Crippen molar-refractivity contribution in [2.24, 2.45) is 0 Å². The molecule has 0 radical (unpaired) electrons. The Morgan fingerprint density at radius 2 is 1.56 bits per heavy atom. The van der Waals surface area contributed by atoms with Gasteiger partial charge in [-0.2, -0.15) is 0 Å². The highest BCUT2D eigenvalue weighted by Crippen LogP contribution is 2.27. The monoisotopic (exact) mass is 350 g/mol. The molecule has 0 bridgehead atoms. The molecule has 27 heavy (non-hydrogen) atoms. The maximum atomic E-state index is 12.8. The van der Waals surface area contributed by atoms with E-state index in [1.807, 2.05) is 42.5 Å². The van der Waals surface area contributed by atoms with Crippen molar-refractivity contribution < 1.29 is 9.59 Å². The van der Waals surface area contributed by atoms with Gasteiger partial charge in [0.25, 0.3) is 0 Å². The fraction of sp³-hybridized carbons (Fsp3) is 0.0435. The van der Waals surface area contributed by atoms with Gasteiger partial charge >= 0.3 is 0 Å². The first kappa shape index (κ1) is 15.6. The van der Waals surface area contributed by atoms with Gasteiger partial charge < -0.3 is 0 Å². The second-order valence-electron chi connectivity index (χ2n) is 6.58. The molecule has 0 saturated heterocycles. The molecule has 0 fully saturated rings. The molecule has 0 aliphatic heterocycles. The lowest BCUT2D eigenvalue weighted by Crippen LogP contribution is -2.18. The zero-order chi connectivity index (χ0) is 18.4. The lowest BCUT2D eigenvalue weighted by atomic mass is 9.90. The number of hydrogen-bond donors (Lipinski definition) is 0. The molecule has 4 heteroatoms. The van der Waals surface area contributed by atoms with E-state index in [1.165, 1.54) is 0 Å². The first-order chi connectivity index (χ1) is 13.2. The Labute approximate surface area is 155 Å². The van der Waals surface area contributed by atoms with Crippen LogP contribution in [-0.4, -0.2) is 21.5 Å². The molecular formula is C23H14N2O2. The van der Waals surface area contributed by atoms with Crippen LogP contribution in [0.3, 0.4) is 0 Å². The van der Waals surface area contributed by atoms with Gasteiger partial charge in [-0.05, 0) is 23.8 Å². The van der Waals surface area contributed by atoms with Crippen LogP contribution in [0.25, 0.3) is 11.0 Å². The summed E-state index contributed by atoms with van der Waals surface area (Å²) in [7, 11) is 0. The van der Waals surface area contributed by atoms with Gasteiger partial charge in [-0.15, -0.1) is 0 Å². The number of fused-ring (bicyclic) bond motifs is 3. The fourth-order valence-electron chi connectivity index (χ4n) is 3.50. The largest absolute Gasteiger partial charge is 0.289 e. The van der Waals surface area contributed by atoms with Crippen LogP contribution < -0.4 is 0 Å². The lowest BCUT2D eigenvalue weighted by Gasteiger charge is -2.17. The van der Waals surface area contributed by atoms with Gasteiger partial charge in [0.1, 0.15) is 5.69 Å². The highest BCUT2D eigenvalue weighted by molar-refractivity contribution is 6.12. The van der Waals surface area contributed by atoms with Crippen LogP contribution in [0.2, 0.25) is 0 Å². The average molecular weight is 350 g/mol. The summed E-state index contributed by atoms with van der Waals surface area (Å²) in [5.41, 5.74) is 5.15. The third-order valence-electron chi connectivity index (χ3n) is 4.87. The minimum atomic E-state index is -0.0920. The Morgan fingerprint density at radius 1 is 0.778 bits per heavy atom. The van der Waals surface area contributed by atoms with E-state index in [-0.39, 0.29) is 11.6 Å². The van der Waals surface area contributed by atoms with E-state index in [2.05, 4.69) is 9.97 Å². The van der Waals surface area contributed by atoms with Crippen LogP contribution in [0.4, 0.5) is 0 Å². The van der Waals surface area contributed by atoms with E-state index in [9.17, 15) is 9.59 Å². The standard InChI is InChI=1S/C23H14N2O2/c26-22(14-6-2-1-3-7-14)16-10-11-18-19(13-16)24-20-12-15-8-4-5-9-17(15)23(27)21(20)25-18/h1-11,13H,12H2. The van der Waals surface area contributed by atoms with Gasteiger partial charge in [0, 0.05) is 23.1 Å². The number of carbonyl (C=O) groups is 2. The number of hydrogen-bond acceptors (Lipinski definition) is 4. The van der Waals surface area contributed by atoms with Gasteiger partial charge in [0.2, 0.25) is 5.78 Å². The normalized spacial score (nSPS) is 12.5. The lowest BCUT2D eigenvalue weighted by molar-refractivity contribution is 0.102. The summed E-state index contributed by atoms with van der Waals surface area (Å²) in [6.45, 7) is 0. The van der Waals surface area contributed by atoms with Gasteiger partial charge in [0.05, 0.1) is 16.7 Å². The molecule has 4 aromatic rings. The Kier molecular flexibility index (Phi) is 3.44. The molecule has 5 rings (SSSR count). The predicted molar refractivity (Wildman–Crippen MR) is 102 cm³/mol. The van der Waals surface area contributed by atoms with Crippen LogP contribution in [-0.2, 0) is 6.42 Å². The molecule has 1 heterocycles. The van der Waals surface area contributed by atoms with E-state index in [1.54, 1.807) is 30.3 Å². The summed E-state index contributed by atoms with van der Waals surface area (Å²) >= 11 is 0. The molecule has 0 atom stereocenters. The summed E-state index contributed by atoms with van der Waals surface area (Å²) in [6, 6.07) is 21.9. The predicted octanol–water partition coefficient (Wildman–Crippen LogP) is 4.00. The van der Waals surface area contributed by atoms with Crippen LogP contribution in [0.15, 0.2) is 72.8 Å². The second kappa shape index (κ2) is 5.95. The van der Waals surface area contributed by atoms with Crippen molar-refractivity contribution in [2.45, 2.75) is 6.42 Å². The van der Waals surface area contributed by atoms with Crippen molar-refractivity contribution in [1.82, 2.24) is 9.97 Å². The number of aromatic nitrogens is 2. The van der Waals surface area contributed by atoms with Gasteiger partial charge in [-0.1, -0.05) is 54.6 Å². The maximum Gasteiger partial charge on any atom is 0.213 e. The number of nitrogens with zero attached hydrogens (tertiary/aromatic N) is 2. The molecule has 4 nitrogen and oxygen atoms in total. The molecule has 128 valence electrons. The highest BCUT2D eigenvalue weighted by atomic mass is 16.1. The fourth-order valence-corrected chi connectivity index (χ4v) is 3.50. The molecule has 3 aromatic carbocycles. The molecule has 1 aliphatic rings. The summed E-state index contributed by atoms with van der Waals surface area (Å²) in [4.78, 5) is 34.7. The zero-order valence-corrected chi connectivity index (χ0v) is 14.3. The molecule has 1 aliphatic carbocycles. The summed E-state index contributed by atoms with van der Waals surface area (Å²) in [5.74, 6) is -0.149. The first-order valence-corrected chi connectivity index (χ1v) is 8.74. The van der Waals surface area contributed by atoms with E-state index in [4.69, 9.17) is 0 Å². The Morgan fingerprint density at radius 3 is 2.41 bits per heavy atom. The van der Waals surface area contributed by atoms with E-state index >= 15 is 0 Å². The van der Waals surface area contributed by atoms with Crippen molar-refractivity contribution >= 4 is 22.6 Å². The third kappa shape index (κ3) is 2.54. The topological polar surface area (TPSA) is 59.9 Å². The van der Waals surface area contributed by atoms with E-state index in [0.717, 1.165) is 5.56 Å². The molecule has 0 saturated carbocycles. The number of rotatable bonds is 2. The van der Waals surface area contributed by atoms with Crippen LogP contribution in [0.5, 0.6) is 0 Å². The number of benzene rings is 3. The quantitative estimate of drug-likeness (QED) is 0.452. The van der Waals surface area contributed by atoms with Crippen molar-refractivity contribution in [3.63, 3.8) is 0 Å². The number of carbonyl (C=O) groups excluding carboxylic acids is 2. The number of ketones is 2. The second-order valence-corrected chi connectivity index (χ2v) is 6.58. The smallest absolute Gasteiger partial charge is 0.213 e. The molecule has 1 aromatic heterocycles. The van der Waals surface area contributed by atoms with E-state index in [0.29, 0.717) is 45.5 Å². The molecule has 0 unspecified atom stereocenters. The molecule has 0 spiro atoms. The summed E-state index contributed by atoms with van der Waals surface area (Å²) < 4.78 is 0. The van der Waals surface area contributed by atoms with Crippen molar-refractivity contribution in [3.8, 4) is 0 Å². The Hall–Kier alpha value is -3.66. The van der Waals surface area contributed by atoms with Gasteiger partial charge in [-0.25, -0.2) is 9.97 Å². The first-order valence-electron chi connectivity index (χ1n) is 8.74. The zero-order valence-electron chi connectivity index (χ0n) is 14.3. The van der Waals surface area contributed by atoms with Crippen LogP contribution in [0.1, 0.15) is 43.2 Å². The minimum Gasteiger partial charge on any atom is -0.289 e. The maximum absolute atomic E-state index is 12.8. The van der Waals surface area contributed by atoms with E-state index < -0.39 is 0 Å². The Balaban J connectivity index is 1.61. The highest BCUT2D eigenvalue weighted by Gasteiger charge is 2.26. The molecule has 0 amide bonds. The van der Waals surface area contributed by atoms with Crippen LogP contribution >= 0.6 is 0 Å². The molecule has 0 N–H and O–H groups in total. The Bertz CT molecular complexity index is 1230. The average Bonchev–Trinajstić information content (AvgIpc) is 2.72. The van der Waals surface area contributed by atoms with Crippen molar-refractivity contribution in [2.75, 3.05) is 0 Å². The third-order valence-corrected chi connectivity index (χ3v) is 4.87. The van der Waals surface area contributed by atoms with Gasteiger partial charge in [-0.3, -0.25) is 9.59 Å². The minimum absolute atomic E-state index is 0.0570. The van der Waals surface area contributed by atoms with Crippen molar-refractivity contribution in [1.29, 1.82) is 0 Å².